The number of aryl methyl sites for hydroxylation is 1. The Morgan fingerprint density at radius 3 is 2.60 bits per heavy atom. The van der Waals surface area contributed by atoms with E-state index in [0.717, 1.165) is 53.6 Å². The molecular formula is C22H24BrN5OS. The molecule has 0 atom stereocenters. The van der Waals surface area contributed by atoms with Gasteiger partial charge in [0.2, 0.25) is 5.13 Å². The van der Waals surface area contributed by atoms with Crippen LogP contribution >= 0.6 is 27.5 Å². The molecule has 0 spiro atoms. The van der Waals surface area contributed by atoms with Gasteiger partial charge in [0, 0.05) is 54.3 Å². The highest BCUT2D eigenvalue weighted by Crippen LogP contribution is 2.21. The van der Waals surface area contributed by atoms with Crippen LogP contribution < -0.4 is 10.2 Å². The fourth-order valence-corrected chi connectivity index (χ4v) is 4.38. The van der Waals surface area contributed by atoms with Crippen molar-refractivity contribution in [2.24, 2.45) is 0 Å². The van der Waals surface area contributed by atoms with Gasteiger partial charge < -0.3 is 15.1 Å². The molecule has 30 heavy (non-hydrogen) atoms. The number of rotatable bonds is 4. The van der Waals surface area contributed by atoms with Crippen molar-refractivity contribution in [1.29, 1.82) is 0 Å². The average Bonchev–Trinajstić information content (AvgIpc) is 3.06. The van der Waals surface area contributed by atoms with Gasteiger partial charge >= 0.3 is 6.03 Å². The summed E-state index contributed by atoms with van der Waals surface area (Å²) in [5, 5.41) is 3.92. The first-order valence-electron chi connectivity index (χ1n) is 10.0. The lowest BCUT2D eigenvalue weighted by Crippen LogP contribution is -2.38. The largest absolute Gasteiger partial charge is 0.345 e. The van der Waals surface area contributed by atoms with E-state index in [2.05, 4.69) is 61.7 Å². The first kappa shape index (κ1) is 20.8. The number of carbonyl (C=O) groups excluding carboxylic acids is 1. The van der Waals surface area contributed by atoms with Crippen LogP contribution in [0.25, 0.3) is 0 Å². The number of benzene rings is 2. The van der Waals surface area contributed by atoms with E-state index in [4.69, 9.17) is 4.98 Å². The summed E-state index contributed by atoms with van der Waals surface area (Å²) in [7, 11) is 0. The lowest BCUT2D eigenvalue weighted by Gasteiger charge is -2.22. The molecule has 2 amide bonds. The van der Waals surface area contributed by atoms with Crippen LogP contribution in [0.1, 0.15) is 23.4 Å². The van der Waals surface area contributed by atoms with Gasteiger partial charge in [-0.25, -0.2) is 9.78 Å². The van der Waals surface area contributed by atoms with Crippen molar-refractivity contribution in [1.82, 2.24) is 14.3 Å². The first-order chi connectivity index (χ1) is 14.6. The highest BCUT2D eigenvalue weighted by atomic mass is 79.9. The van der Waals surface area contributed by atoms with Gasteiger partial charge in [-0.3, -0.25) is 0 Å². The zero-order chi connectivity index (χ0) is 20.9. The van der Waals surface area contributed by atoms with E-state index in [1.807, 2.05) is 29.2 Å². The van der Waals surface area contributed by atoms with Crippen molar-refractivity contribution in [3.63, 3.8) is 0 Å². The molecule has 3 aromatic rings. The molecule has 156 valence electrons. The van der Waals surface area contributed by atoms with Crippen molar-refractivity contribution < 1.29 is 4.79 Å². The molecular weight excluding hydrogens is 462 g/mol. The number of nitrogens with one attached hydrogen (secondary N) is 1. The molecule has 8 heteroatoms. The molecule has 1 aliphatic heterocycles. The topological polar surface area (TPSA) is 61.4 Å². The van der Waals surface area contributed by atoms with Gasteiger partial charge in [-0.1, -0.05) is 45.8 Å². The van der Waals surface area contributed by atoms with Crippen molar-refractivity contribution in [2.75, 3.05) is 36.4 Å². The summed E-state index contributed by atoms with van der Waals surface area (Å²) >= 11 is 4.85. The summed E-state index contributed by atoms with van der Waals surface area (Å²) in [6.07, 6.45) is 1.65. The molecule has 2 aromatic carbocycles. The second-order valence-corrected chi connectivity index (χ2v) is 9.07. The number of nitrogens with zero attached hydrogens (tertiary/aromatic N) is 4. The second-order valence-electron chi connectivity index (χ2n) is 7.42. The van der Waals surface area contributed by atoms with Crippen LogP contribution in [0.15, 0.2) is 53.0 Å². The SMILES string of the molecule is Cc1ccc(Cc2nsc(N3CCCN(C(=O)Nc4ccc(Br)cc4)CC3)n2)cc1. The molecule has 6 nitrogen and oxygen atoms in total. The minimum Gasteiger partial charge on any atom is -0.345 e. The van der Waals surface area contributed by atoms with Crippen LogP contribution in [-0.2, 0) is 6.42 Å². The van der Waals surface area contributed by atoms with E-state index in [0.29, 0.717) is 6.54 Å². The van der Waals surface area contributed by atoms with Gasteiger partial charge in [-0.15, -0.1) is 0 Å². The van der Waals surface area contributed by atoms with Gasteiger partial charge in [-0.2, -0.15) is 4.37 Å². The molecule has 0 radical (unpaired) electrons. The van der Waals surface area contributed by atoms with Crippen molar-refractivity contribution in [3.8, 4) is 0 Å². The van der Waals surface area contributed by atoms with Gasteiger partial charge in [0.05, 0.1) is 0 Å². The molecule has 0 bridgehead atoms. The lowest BCUT2D eigenvalue weighted by atomic mass is 10.1. The number of carbonyl (C=O) groups is 1. The Kier molecular flexibility index (Phi) is 6.64. The van der Waals surface area contributed by atoms with Crippen molar-refractivity contribution in [2.45, 2.75) is 19.8 Å². The second kappa shape index (κ2) is 9.57. The molecule has 0 aliphatic carbocycles. The Morgan fingerprint density at radius 2 is 1.83 bits per heavy atom. The number of aromatic nitrogens is 2. The highest BCUT2D eigenvalue weighted by molar-refractivity contribution is 9.10. The fourth-order valence-electron chi connectivity index (χ4n) is 3.38. The van der Waals surface area contributed by atoms with Gasteiger partial charge in [0.25, 0.3) is 0 Å². The van der Waals surface area contributed by atoms with Gasteiger partial charge in [0.1, 0.15) is 5.82 Å². The molecule has 4 rings (SSSR count). The average molecular weight is 486 g/mol. The van der Waals surface area contributed by atoms with E-state index >= 15 is 0 Å². The molecule has 1 saturated heterocycles. The smallest absolute Gasteiger partial charge is 0.321 e. The summed E-state index contributed by atoms with van der Waals surface area (Å²) in [5.41, 5.74) is 3.27. The van der Waals surface area contributed by atoms with E-state index in [1.165, 1.54) is 22.7 Å². The third-order valence-electron chi connectivity index (χ3n) is 5.09. The number of amides is 2. The Balaban J connectivity index is 1.33. The predicted octanol–water partition coefficient (Wildman–Crippen LogP) is 4.94. The minimum absolute atomic E-state index is 0.0588. The third kappa shape index (κ3) is 5.37. The number of hydrogen-bond acceptors (Lipinski definition) is 5. The zero-order valence-corrected chi connectivity index (χ0v) is 19.2. The number of urea groups is 1. The third-order valence-corrected chi connectivity index (χ3v) is 6.43. The maximum atomic E-state index is 12.6. The van der Waals surface area contributed by atoms with Crippen LogP contribution in [-0.4, -0.2) is 46.5 Å². The predicted molar refractivity (Wildman–Crippen MR) is 125 cm³/mol. The Labute approximate surface area is 189 Å². The Hall–Kier alpha value is -2.45. The summed E-state index contributed by atoms with van der Waals surface area (Å²) < 4.78 is 5.54. The first-order valence-corrected chi connectivity index (χ1v) is 11.6. The molecule has 1 fully saturated rings. The molecule has 1 aliphatic rings. The molecule has 1 N–H and O–H groups in total. The molecule has 0 unspecified atom stereocenters. The van der Waals surface area contributed by atoms with E-state index in [9.17, 15) is 4.79 Å². The summed E-state index contributed by atoms with van der Waals surface area (Å²) in [5.74, 6) is 0.855. The van der Waals surface area contributed by atoms with Crippen LogP contribution in [0.3, 0.4) is 0 Å². The standard InChI is InChI=1S/C22H24BrN5OS/c1-16-3-5-17(6-4-16)15-20-25-22(30-26-20)28-12-2-11-27(13-14-28)21(29)24-19-9-7-18(23)8-10-19/h3-10H,2,11-15H2,1H3,(H,24,29). The van der Waals surface area contributed by atoms with Gasteiger partial charge in [-0.05, 0) is 43.2 Å². The lowest BCUT2D eigenvalue weighted by molar-refractivity contribution is 0.215. The maximum Gasteiger partial charge on any atom is 0.321 e. The maximum absolute atomic E-state index is 12.6. The van der Waals surface area contributed by atoms with E-state index in [-0.39, 0.29) is 6.03 Å². The monoisotopic (exact) mass is 485 g/mol. The quantitative estimate of drug-likeness (QED) is 0.568. The summed E-state index contributed by atoms with van der Waals surface area (Å²) in [6, 6.07) is 16.1. The van der Waals surface area contributed by atoms with Crippen molar-refractivity contribution in [3.05, 3.63) is 70.0 Å². The van der Waals surface area contributed by atoms with Crippen LogP contribution in [0.2, 0.25) is 0 Å². The number of anilines is 2. The Bertz CT molecular complexity index is 990. The van der Waals surface area contributed by atoms with Crippen LogP contribution in [0.5, 0.6) is 0 Å². The zero-order valence-electron chi connectivity index (χ0n) is 16.8. The minimum atomic E-state index is -0.0588. The van der Waals surface area contributed by atoms with Crippen LogP contribution in [0, 0.1) is 6.92 Å². The van der Waals surface area contributed by atoms with Crippen molar-refractivity contribution >= 4 is 44.3 Å². The van der Waals surface area contributed by atoms with Crippen LogP contribution in [0.4, 0.5) is 15.6 Å². The number of hydrogen-bond donors (Lipinski definition) is 1. The van der Waals surface area contributed by atoms with Gasteiger partial charge in [0.15, 0.2) is 0 Å². The van der Waals surface area contributed by atoms with E-state index < -0.39 is 0 Å². The van der Waals surface area contributed by atoms with E-state index in [1.54, 1.807) is 0 Å². The number of halogens is 1. The Morgan fingerprint density at radius 1 is 1.07 bits per heavy atom. The molecule has 1 aromatic heterocycles. The summed E-state index contributed by atoms with van der Waals surface area (Å²) in [6.45, 7) is 5.11. The molecule has 2 heterocycles. The molecule has 0 saturated carbocycles. The fraction of sp³-hybridized carbons (Fsp3) is 0.318. The highest BCUT2D eigenvalue weighted by Gasteiger charge is 2.21. The normalized spacial score (nSPS) is 14.5. The summed E-state index contributed by atoms with van der Waals surface area (Å²) in [4.78, 5) is 21.5.